The van der Waals surface area contributed by atoms with Gasteiger partial charge >= 0.3 is 5.97 Å². The van der Waals surface area contributed by atoms with Gasteiger partial charge in [0.2, 0.25) is 5.91 Å². The smallest absolute Gasteiger partial charge is 0.328 e. The number of hydrogen-bond donors (Lipinski definition) is 1. The van der Waals surface area contributed by atoms with Gasteiger partial charge < -0.3 is 19.5 Å². The normalized spacial score (nSPS) is 13.2. The molecule has 0 aromatic carbocycles. The second-order valence-electron chi connectivity index (χ2n) is 3.95. The fourth-order valence-electron chi connectivity index (χ4n) is 1.31. The first-order valence-corrected chi connectivity index (χ1v) is 5.88. The number of carbonyl (C=O) groups is 2. The molecule has 0 unspecified atom stereocenters. The van der Waals surface area contributed by atoms with Gasteiger partial charge in [0.25, 0.3) is 0 Å². The lowest BCUT2D eigenvalue weighted by Gasteiger charge is -2.17. The van der Waals surface area contributed by atoms with Crippen LogP contribution in [0.2, 0.25) is 0 Å². The van der Waals surface area contributed by atoms with E-state index in [4.69, 9.17) is 14.7 Å². The molecular weight excluding hydrogens is 252 g/mol. The Morgan fingerprint density at radius 1 is 1.32 bits per heavy atom. The largest absolute Gasteiger partial charge is 0.467 e. The molecule has 0 saturated carbocycles. The van der Waals surface area contributed by atoms with Crippen molar-refractivity contribution in [3.05, 3.63) is 0 Å². The molecule has 0 aliphatic carbocycles. The number of esters is 1. The number of rotatable bonds is 9. The van der Waals surface area contributed by atoms with Crippen molar-refractivity contribution in [3.8, 4) is 6.07 Å². The minimum absolute atomic E-state index is 0.169. The number of methoxy groups -OCH3 is 2. The van der Waals surface area contributed by atoms with Gasteiger partial charge in [-0.25, -0.2) is 4.79 Å². The summed E-state index contributed by atoms with van der Waals surface area (Å²) in [7, 11) is 2.76. The Bertz CT molecular complexity index is 327. The van der Waals surface area contributed by atoms with Crippen LogP contribution in [-0.2, 0) is 23.8 Å². The van der Waals surface area contributed by atoms with E-state index in [9.17, 15) is 9.59 Å². The van der Waals surface area contributed by atoms with Gasteiger partial charge in [-0.05, 0) is 13.3 Å². The zero-order valence-corrected chi connectivity index (χ0v) is 11.5. The van der Waals surface area contributed by atoms with E-state index in [1.807, 2.05) is 6.07 Å². The minimum Gasteiger partial charge on any atom is -0.467 e. The fourth-order valence-corrected chi connectivity index (χ4v) is 1.31. The molecule has 0 aromatic heterocycles. The van der Waals surface area contributed by atoms with Crippen molar-refractivity contribution in [1.82, 2.24) is 5.32 Å². The average Bonchev–Trinajstić information content (AvgIpc) is 2.41. The highest BCUT2D eigenvalue weighted by Crippen LogP contribution is 2.06. The van der Waals surface area contributed by atoms with E-state index in [2.05, 4.69) is 10.1 Å². The van der Waals surface area contributed by atoms with E-state index in [1.165, 1.54) is 14.2 Å². The molecule has 0 bridgehead atoms. The third-order valence-corrected chi connectivity index (χ3v) is 2.30. The molecule has 0 aliphatic rings. The maximum absolute atomic E-state index is 11.5. The van der Waals surface area contributed by atoms with Gasteiger partial charge in [0.1, 0.15) is 12.6 Å². The molecule has 108 valence electrons. The predicted molar refractivity (Wildman–Crippen MR) is 66.0 cm³/mol. The van der Waals surface area contributed by atoms with Gasteiger partial charge in [0, 0.05) is 13.0 Å². The van der Waals surface area contributed by atoms with Crippen molar-refractivity contribution in [3.63, 3.8) is 0 Å². The zero-order chi connectivity index (χ0) is 14.7. The average molecular weight is 272 g/mol. The van der Waals surface area contributed by atoms with Crippen LogP contribution < -0.4 is 5.32 Å². The lowest BCUT2D eigenvalue weighted by Crippen LogP contribution is -2.44. The van der Waals surface area contributed by atoms with E-state index in [0.29, 0.717) is 13.2 Å². The molecule has 0 aromatic rings. The summed E-state index contributed by atoms with van der Waals surface area (Å²) in [5, 5.41) is 11.2. The summed E-state index contributed by atoms with van der Waals surface area (Å²) in [6.45, 7) is 2.18. The number of nitrogens with one attached hydrogen (secondary N) is 1. The first-order chi connectivity index (χ1) is 9.04. The SMILES string of the molecule is COCCOCC(=O)N[C@@H](C[C@@H](C)C#N)C(=O)OC. The van der Waals surface area contributed by atoms with E-state index in [-0.39, 0.29) is 18.9 Å². The van der Waals surface area contributed by atoms with Gasteiger partial charge in [-0.2, -0.15) is 5.26 Å². The van der Waals surface area contributed by atoms with E-state index in [0.717, 1.165) is 0 Å². The summed E-state index contributed by atoms with van der Waals surface area (Å²) in [6, 6.07) is 1.17. The lowest BCUT2D eigenvalue weighted by molar-refractivity contribution is -0.146. The number of hydrogen-bond acceptors (Lipinski definition) is 6. The lowest BCUT2D eigenvalue weighted by atomic mass is 10.0. The quantitative estimate of drug-likeness (QED) is 0.463. The molecule has 0 saturated heterocycles. The third kappa shape index (κ3) is 8.13. The molecule has 7 nitrogen and oxygen atoms in total. The Labute approximate surface area is 112 Å². The zero-order valence-electron chi connectivity index (χ0n) is 11.5. The van der Waals surface area contributed by atoms with Crippen LogP contribution in [0.25, 0.3) is 0 Å². The summed E-state index contributed by atoms with van der Waals surface area (Å²) < 4.78 is 14.4. The molecule has 0 aliphatic heterocycles. The van der Waals surface area contributed by atoms with Gasteiger partial charge in [0.15, 0.2) is 0 Å². The van der Waals surface area contributed by atoms with Crippen molar-refractivity contribution in [1.29, 1.82) is 5.26 Å². The molecule has 0 rings (SSSR count). The maximum Gasteiger partial charge on any atom is 0.328 e. The highest BCUT2D eigenvalue weighted by molar-refractivity contribution is 5.85. The van der Waals surface area contributed by atoms with E-state index < -0.39 is 17.9 Å². The Hall–Kier alpha value is -1.65. The van der Waals surface area contributed by atoms with Crippen LogP contribution in [0.3, 0.4) is 0 Å². The Morgan fingerprint density at radius 2 is 2.00 bits per heavy atom. The van der Waals surface area contributed by atoms with Crippen LogP contribution in [0.1, 0.15) is 13.3 Å². The summed E-state index contributed by atoms with van der Waals surface area (Å²) in [5.41, 5.74) is 0. The van der Waals surface area contributed by atoms with Crippen LogP contribution in [-0.4, -0.2) is 52.0 Å². The summed E-state index contributed by atoms with van der Waals surface area (Å²) in [4.78, 5) is 23.0. The van der Waals surface area contributed by atoms with Crippen molar-refractivity contribution in [2.24, 2.45) is 5.92 Å². The Balaban J connectivity index is 4.20. The number of ether oxygens (including phenoxy) is 3. The van der Waals surface area contributed by atoms with Crippen LogP contribution >= 0.6 is 0 Å². The molecule has 0 heterocycles. The summed E-state index contributed by atoms with van der Waals surface area (Å²) in [6.07, 6.45) is 0.201. The molecule has 2 atom stereocenters. The number of carbonyl (C=O) groups excluding carboxylic acids is 2. The first-order valence-electron chi connectivity index (χ1n) is 5.88. The maximum atomic E-state index is 11.5. The molecular formula is C12H20N2O5. The molecule has 19 heavy (non-hydrogen) atoms. The summed E-state index contributed by atoms with van der Waals surface area (Å²) in [5.74, 6) is -1.37. The van der Waals surface area contributed by atoms with Crippen LogP contribution in [0.15, 0.2) is 0 Å². The van der Waals surface area contributed by atoms with Gasteiger partial charge in [-0.3, -0.25) is 4.79 Å². The fraction of sp³-hybridized carbons (Fsp3) is 0.750. The Kier molecular flexibility index (Phi) is 9.40. The minimum atomic E-state index is -0.835. The van der Waals surface area contributed by atoms with Crippen molar-refractivity contribution in [2.75, 3.05) is 34.0 Å². The molecule has 1 amide bonds. The molecule has 0 fully saturated rings. The molecule has 0 spiro atoms. The second kappa shape index (κ2) is 10.3. The highest BCUT2D eigenvalue weighted by Gasteiger charge is 2.23. The topological polar surface area (TPSA) is 97.6 Å². The van der Waals surface area contributed by atoms with Gasteiger partial charge in [-0.15, -0.1) is 0 Å². The monoisotopic (exact) mass is 272 g/mol. The molecule has 1 N–H and O–H groups in total. The van der Waals surface area contributed by atoms with E-state index >= 15 is 0 Å². The number of nitrogens with zero attached hydrogens (tertiary/aromatic N) is 1. The highest BCUT2D eigenvalue weighted by atomic mass is 16.5. The van der Waals surface area contributed by atoms with Crippen molar-refractivity contribution >= 4 is 11.9 Å². The molecule has 0 radical (unpaired) electrons. The Morgan fingerprint density at radius 3 is 2.53 bits per heavy atom. The number of nitriles is 1. The van der Waals surface area contributed by atoms with Crippen molar-refractivity contribution < 1.29 is 23.8 Å². The molecule has 7 heteroatoms. The number of amides is 1. The van der Waals surface area contributed by atoms with Crippen LogP contribution in [0.5, 0.6) is 0 Å². The third-order valence-electron chi connectivity index (χ3n) is 2.30. The van der Waals surface area contributed by atoms with E-state index in [1.54, 1.807) is 6.92 Å². The van der Waals surface area contributed by atoms with Crippen molar-refractivity contribution in [2.45, 2.75) is 19.4 Å². The van der Waals surface area contributed by atoms with Gasteiger partial charge in [0.05, 0.1) is 26.4 Å². The van der Waals surface area contributed by atoms with Crippen LogP contribution in [0.4, 0.5) is 0 Å². The van der Waals surface area contributed by atoms with Gasteiger partial charge in [-0.1, -0.05) is 0 Å². The predicted octanol–water partition coefficient (Wildman–Crippen LogP) is -0.143. The second-order valence-corrected chi connectivity index (χ2v) is 3.95. The standard InChI is InChI=1S/C12H20N2O5/c1-9(7-13)6-10(12(16)18-3)14-11(15)8-19-5-4-17-2/h9-10H,4-6,8H2,1-3H3,(H,14,15)/t9-,10+/m1/s1. The summed E-state index contributed by atoms with van der Waals surface area (Å²) >= 11 is 0. The van der Waals surface area contributed by atoms with Crippen LogP contribution in [0, 0.1) is 17.2 Å². The first kappa shape index (κ1) is 17.4.